The average molecular weight is 390 g/mol. The Morgan fingerprint density at radius 3 is 2.89 bits per heavy atom. The minimum absolute atomic E-state index is 0.102. The zero-order chi connectivity index (χ0) is 18.9. The van der Waals surface area contributed by atoms with Crippen molar-refractivity contribution in [1.82, 2.24) is 9.80 Å². The van der Waals surface area contributed by atoms with Crippen molar-refractivity contribution in [3.05, 3.63) is 28.8 Å². The van der Waals surface area contributed by atoms with Crippen LogP contribution in [0, 0.1) is 11.8 Å². The van der Waals surface area contributed by atoms with Gasteiger partial charge in [0.25, 0.3) is 0 Å². The van der Waals surface area contributed by atoms with Gasteiger partial charge in [0, 0.05) is 29.4 Å². The zero-order valence-electron chi connectivity index (χ0n) is 14.9. The highest BCUT2D eigenvalue weighted by Crippen LogP contribution is 2.60. The summed E-state index contributed by atoms with van der Waals surface area (Å²) in [7, 11) is 1.54. The van der Waals surface area contributed by atoms with Gasteiger partial charge in [0.2, 0.25) is 17.7 Å². The molecule has 0 unspecified atom stereocenters. The van der Waals surface area contributed by atoms with Crippen LogP contribution >= 0.6 is 11.6 Å². The molecular formula is C19H20ClN3O4. The lowest BCUT2D eigenvalue weighted by atomic mass is 9.75. The Balaban J connectivity index is 1.69. The number of likely N-dealkylation sites (tertiary alicyclic amines) is 1. The Morgan fingerprint density at radius 1 is 1.30 bits per heavy atom. The van der Waals surface area contributed by atoms with Crippen molar-refractivity contribution >= 4 is 35.0 Å². The second kappa shape index (κ2) is 5.77. The van der Waals surface area contributed by atoms with Gasteiger partial charge in [-0.2, -0.15) is 0 Å². The molecule has 4 heterocycles. The highest BCUT2D eigenvalue weighted by Gasteiger charge is 2.74. The minimum atomic E-state index is -1.15. The van der Waals surface area contributed by atoms with Crippen molar-refractivity contribution in [2.75, 3.05) is 32.1 Å². The molecule has 7 nitrogen and oxygen atoms in total. The molecule has 1 aromatic carbocycles. The Hall–Kier alpha value is -1.96. The number of anilines is 1. The van der Waals surface area contributed by atoms with Crippen LogP contribution in [0.3, 0.4) is 0 Å². The van der Waals surface area contributed by atoms with E-state index < -0.39 is 17.4 Å². The van der Waals surface area contributed by atoms with Crippen molar-refractivity contribution in [2.45, 2.75) is 24.4 Å². The molecule has 0 aromatic heterocycles. The van der Waals surface area contributed by atoms with E-state index in [2.05, 4.69) is 10.2 Å². The molecule has 1 aromatic rings. The number of imide groups is 1. The van der Waals surface area contributed by atoms with E-state index in [0.717, 1.165) is 12.8 Å². The van der Waals surface area contributed by atoms with E-state index in [9.17, 15) is 14.4 Å². The molecule has 27 heavy (non-hydrogen) atoms. The topological polar surface area (TPSA) is 78.9 Å². The van der Waals surface area contributed by atoms with Gasteiger partial charge in [0.1, 0.15) is 5.54 Å². The van der Waals surface area contributed by atoms with Gasteiger partial charge in [-0.05, 0) is 37.6 Å². The van der Waals surface area contributed by atoms with Crippen LogP contribution in [0.2, 0.25) is 5.02 Å². The summed E-state index contributed by atoms with van der Waals surface area (Å²) in [6.45, 7) is 1.19. The number of halogens is 1. The van der Waals surface area contributed by atoms with Gasteiger partial charge >= 0.3 is 0 Å². The Bertz CT molecular complexity index is 875. The van der Waals surface area contributed by atoms with Crippen LogP contribution in [0.25, 0.3) is 0 Å². The normalized spacial score (nSPS) is 34.4. The fourth-order valence-electron chi connectivity index (χ4n) is 5.64. The van der Waals surface area contributed by atoms with Crippen LogP contribution in [0.5, 0.6) is 0 Å². The van der Waals surface area contributed by atoms with Gasteiger partial charge in [-0.25, -0.2) is 0 Å². The summed E-state index contributed by atoms with van der Waals surface area (Å²) < 4.78 is 5.07. The van der Waals surface area contributed by atoms with Crippen LogP contribution in [-0.4, -0.2) is 60.4 Å². The Kier molecular flexibility index (Phi) is 3.67. The zero-order valence-corrected chi connectivity index (χ0v) is 15.7. The molecule has 1 N–H and O–H groups in total. The van der Waals surface area contributed by atoms with Crippen molar-refractivity contribution in [1.29, 1.82) is 0 Å². The largest absolute Gasteiger partial charge is 0.383 e. The molecule has 4 aliphatic heterocycles. The number of nitrogens with zero attached hydrogens (tertiary/aromatic N) is 2. The smallest absolute Gasteiger partial charge is 0.250 e. The lowest BCUT2D eigenvalue weighted by Gasteiger charge is -2.36. The third kappa shape index (κ3) is 1.97. The third-order valence-corrected chi connectivity index (χ3v) is 6.80. The molecule has 0 aliphatic carbocycles. The molecule has 0 bridgehead atoms. The molecular weight excluding hydrogens is 370 g/mol. The van der Waals surface area contributed by atoms with E-state index in [0.29, 0.717) is 22.8 Å². The average Bonchev–Trinajstić information content (AvgIpc) is 3.33. The van der Waals surface area contributed by atoms with Crippen LogP contribution in [0.1, 0.15) is 18.4 Å². The Labute approximate surface area is 161 Å². The number of rotatable bonds is 3. The lowest BCUT2D eigenvalue weighted by Crippen LogP contribution is -2.54. The second-order valence-electron chi connectivity index (χ2n) is 7.64. The Morgan fingerprint density at radius 2 is 2.11 bits per heavy atom. The molecule has 8 heteroatoms. The summed E-state index contributed by atoms with van der Waals surface area (Å²) in [4.78, 5) is 43.2. The van der Waals surface area contributed by atoms with Crippen LogP contribution in [-0.2, 0) is 24.7 Å². The van der Waals surface area contributed by atoms with Gasteiger partial charge in [-0.1, -0.05) is 11.6 Å². The highest BCUT2D eigenvalue weighted by molar-refractivity contribution is 6.31. The van der Waals surface area contributed by atoms with Crippen molar-refractivity contribution in [3.8, 4) is 0 Å². The standard InChI is InChI=1S/C19H20ClN3O4/c1-27-8-7-22-16(24)14-13-3-2-6-23(13)19(15(14)17(22)25)11-9-10(20)4-5-12(11)21-18(19)26/h4-5,9,13-15H,2-3,6-8H2,1H3,(H,21,26)/t13-,14+,15-,19-/m0/s1. The number of carbonyl (C=O) groups excluding carboxylic acids is 3. The summed E-state index contributed by atoms with van der Waals surface area (Å²) >= 11 is 6.24. The highest BCUT2D eigenvalue weighted by atomic mass is 35.5. The number of nitrogens with one attached hydrogen (secondary N) is 1. The number of amides is 3. The first-order valence-corrected chi connectivity index (χ1v) is 9.62. The monoisotopic (exact) mass is 389 g/mol. The fourth-order valence-corrected chi connectivity index (χ4v) is 5.81. The van der Waals surface area contributed by atoms with E-state index in [4.69, 9.17) is 16.3 Å². The van der Waals surface area contributed by atoms with Crippen molar-refractivity contribution in [2.24, 2.45) is 11.8 Å². The molecule has 3 fully saturated rings. The van der Waals surface area contributed by atoms with Crippen LogP contribution in [0.4, 0.5) is 5.69 Å². The van der Waals surface area contributed by atoms with Crippen LogP contribution < -0.4 is 5.32 Å². The number of carbonyl (C=O) groups is 3. The van der Waals surface area contributed by atoms with Crippen molar-refractivity contribution < 1.29 is 19.1 Å². The number of ether oxygens (including phenoxy) is 1. The summed E-state index contributed by atoms with van der Waals surface area (Å²) in [6, 6.07) is 5.16. The van der Waals surface area contributed by atoms with Crippen molar-refractivity contribution in [3.63, 3.8) is 0 Å². The van der Waals surface area contributed by atoms with E-state index in [1.165, 1.54) is 12.0 Å². The number of methoxy groups -OCH3 is 1. The summed E-state index contributed by atoms with van der Waals surface area (Å²) in [5.41, 5.74) is 0.237. The fraction of sp³-hybridized carbons (Fsp3) is 0.526. The van der Waals surface area contributed by atoms with E-state index in [1.54, 1.807) is 18.2 Å². The van der Waals surface area contributed by atoms with Gasteiger partial charge in [0.05, 0.1) is 25.0 Å². The number of fused-ring (bicyclic) bond motifs is 7. The van der Waals surface area contributed by atoms with E-state index >= 15 is 0 Å². The summed E-state index contributed by atoms with van der Waals surface area (Å²) in [5, 5.41) is 3.44. The minimum Gasteiger partial charge on any atom is -0.383 e. The van der Waals surface area contributed by atoms with Crippen LogP contribution in [0.15, 0.2) is 18.2 Å². The number of hydrogen-bond acceptors (Lipinski definition) is 5. The molecule has 1 spiro atoms. The molecule has 142 valence electrons. The predicted molar refractivity (Wildman–Crippen MR) is 97.1 cm³/mol. The molecule has 0 radical (unpaired) electrons. The molecule has 4 atom stereocenters. The molecule has 0 saturated carbocycles. The second-order valence-corrected chi connectivity index (χ2v) is 8.07. The molecule has 3 amide bonds. The maximum Gasteiger partial charge on any atom is 0.250 e. The van der Waals surface area contributed by atoms with Gasteiger partial charge in [-0.15, -0.1) is 0 Å². The van der Waals surface area contributed by atoms with E-state index in [1.807, 2.05) is 0 Å². The summed E-state index contributed by atoms with van der Waals surface area (Å²) in [5.74, 6) is -1.90. The first-order valence-electron chi connectivity index (χ1n) is 9.24. The lowest BCUT2D eigenvalue weighted by molar-refractivity contribution is -0.146. The third-order valence-electron chi connectivity index (χ3n) is 6.56. The first kappa shape index (κ1) is 17.2. The maximum atomic E-state index is 13.3. The first-order chi connectivity index (χ1) is 13.0. The molecule has 4 aliphatic rings. The van der Waals surface area contributed by atoms with E-state index in [-0.39, 0.29) is 36.9 Å². The molecule has 3 saturated heterocycles. The van der Waals surface area contributed by atoms with Gasteiger partial charge in [-0.3, -0.25) is 24.2 Å². The number of hydrogen-bond donors (Lipinski definition) is 1. The van der Waals surface area contributed by atoms with Gasteiger partial charge in [0.15, 0.2) is 0 Å². The quantitative estimate of drug-likeness (QED) is 0.786. The SMILES string of the molecule is COCCN1C(=O)[C@H]2[C@@H](C1=O)[C@@]1(C(=O)Nc3ccc(Cl)cc31)N1CCC[C@@H]21. The predicted octanol–water partition coefficient (Wildman–Crippen LogP) is 1.21. The summed E-state index contributed by atoms with van der Waals surface area (Å²) in [6.07, 6.45) is 1.71. The van der Waals surface area contributed by atoms with Gasteiger partial charge < -0.3 is 10.1 Å². The number of benzene rings is 1. The molecule has 5 rings (SSSR count). The maximum absolute atomic E-state index is 13.3.